The molecule has 1 aliphatic heterocycles. The van der Waals surface area contributed by atoms with Crippen LogP contribution in [0.1, 0.15) is 45.7 Å². The first kappa shape index (κ1) is 21.1. The minimum atomic E-state index is 0.421. The fourth-order valence-electron chi connectivity index (χ4n) is 3.93. The number of pyridine rings is 1. The highest BCUT2D eigenvalue weighted by Crippen LogP contribution is 2.27. The standard InChI is InChI=1S/C22H35N7/c1-5-24-22(26-15-19-8-9-21(25-14-19)27(6-2)7-3)28-12-10-18(4)20(16-28)29-13-11-23-17-29/h8-9,11,13-14,17-18,20H,5-7,10,12,15-16H2,1-4H3,(H,24,26). The van der Waals surface area contributed by atoms with Crippen LogP contribution in [0, 0.1) is 5.92 Å². The normalized spacial score (nSPS) is 20.0. The number of anilines is 1. The Balaban J connectivity index is 1.69. The number of piperidine rings is 1. The molecule has 0 aliphatic carbocycles. The monoisotopic (exact) mass is 397 g/mol. The summed E-state index contributed by atoms with van der Waals surface area (Å²) in [6.45, 7) is 14.2. The molecule has 2 aromatic rings. The molecule has 3 heterocycles. The SMILES string of the molecule is CCNC(=NCc1ccc(N(CC)CC)nc1)N1CCC(C)C(n2ccnc2)C1. The van der Waals surface area contributed by atoms with E-state index in [-0.39, 0.29) is 0 Å². The molecule has 0 radical (unpaired) electrons. The van der Waals surface area contributed by atoms with Crippen molar-refractivity contribution in [3.05, 3.63) is 42.6 Å². The van der Waals surface area contributed by atoms with Gasteiger partial charge in [0.2, 0.25) is 0 Å². The van der Waals surface area contributed by atoms with Crippen molar-refractivity contribution in [2.75, 3.05) is 37.6 Å². The maximum Gasteiger partial charge on any atom is 0.194 e. The Morgan fingerprint density at radius 2 is 2.10 bits per heavy atom. The van der Waals surface area contributed by atoms with Crippen molar-refractivity contribution >= 4 is 11.8 Å². The van der Waals surface area contributed by atoms with Crippen molar-refractivity contribution in [3.8, 4) is 0 Å². The summed E-state index contributed by atoms with van der Waals surface area (Å²) in [5.41, 5.74) is 1.13. The summed E-state index contributed by atoms with van der Waals surface area (Å²) >= 11 is 0. The Kier molecular flexibility index (Phi) is 7.49. The third kappa shape index (κ3) is 5.28. The second-order valence-corrected chi connectivity index (χ2v) is 7.66. The first-order valence-corrected chi connectivity index (χ1v) is 10.9. The average Bonchev–Trinajstić information content (AvgIpc) is 3.28. The predicted octanol–water partition coefficient (Wildman–Crippen LogP) is 3.17. The van der Waals surface area contributed by atoms with Crippen molar-refractivity contribution in [2.24, 2.45) is 10.9 Å². The number of nitrogens with zero attached hydrogens (tertiary/aromatic N) is 6. The van der Waals surface area contributed by atoms with E-state index in [1.807, 2.05) is 18.7 Å². The lowest BCUT2D eigenvalue weighted by Crippen LogP contribution is -2.49. The predicted molar refractivity (Wildman–Crippen MR) is 119 cm³/mol. The van der Waals surface area contributed by atoms with E-state index in [1.165, 1.54) is 0 Å². The van der Waals surface area contributed by atoms with Crippen LogP contribution in [0.3, 0.4) is 0 Å². The molecule has 0 saturated carbocycles. The topological polar surface area (TPSA) is 61.6 Å². The van der Waals surface area contributed by atoms with Gasteiger partial charge >= 0.3 is 0 Å². The fraction of sp³-hybridized carbons (Fsp3) is 0.591. The van der Waals surface area contributed by atoms with Gasteiger partial charge in [-0.1, -0.05) is 13.0 Å². The summed E-state index contributed by atoms with van der Waals surface area (Å²) in [6, 6.07) is 4.66. The molecule has 29 heavy (non-hydrogen) atoms. The number of aromatic nitrogens is 3. The van der Waals surface area contributed by atoms with Gasteiger partial charge in [-0.05, 0) is 44.7 Å². The van der Waals surface area contributed by atoms with E-state index in [9.17, 15) is 0 Å². The number of hydrogen-bond donors (Lipinski definition) is 1. The maximum absolute atomic E-state index is 4.92. The second-order valence-electron chi connectivity index (χ2n) is 7.66. The largest absolute Gasteiger partial charge is 0.357 e. The van der Waals surface area contributed by atoms with Crippen molar-refractivity contribution in [1.82, 2.24) is 24.8 Å². The molecule has 7 nitrogen and oxygen atoms in total. The highest BCUT2D eigenvalue weighted by molar-refractivity contribution is 5.80. The molecular weight excluding hydrogens is 362 g/mol. The number of imidazole rings is 1. The van der Waals surface area contributed by atoms with E-state index in [4.69, 9.17) is 4.99 Å². The first-order valence-electron chi connectivity index (χ1n) is 10.9. The van der Waals surface area contributed by atoms with Crippen LogP contribution in [0.2, 0.25) is 0 Å². The summed E-state index contributed by atoms with van der Waals surface area (Å²) in [5, 5.41) is 3.47. The van der Waals surface area contributed by atoms with Crippen LogP contribution in [-0.2, 0) is 6.54 Å². The second kappa shape index (κ2) is 10.3. The number of hydrogen-bond acceptors (Lipinski definition) is 4. The Hall–Kier alpha value is -2.57. The van der Waals surface area contributed by atoms with Crippen molar-refractivity contribution in [1.29, 1.82) is 0 Å². The van der Waals surface area contributed by atoms with Crippen LogP contribution in [0.15, 0.2) is 42.0 Å². The fourth-order valence-corrected chi connectivity index (χ4v) is 3.93. The summed E-state index contributed by atoms with van der Waals surface area (Å²) in [7, 11) is 0. The van der Waals surface area contributed by atoms with Gasteiger partial charge < -0.3 is 19.7 Å². The number of nitrogens with one attached hydrogen (secondary N) is 1. The zero-order valence-corrected chi connectivity index (χ0v) is 18.3. The molecule has 158 valence electrons. The van der Waals surface area contributed by atoms with Crippen LogP contribution in [0.4, 0.5) is 5.82 Å². The Morgan fingerprint density at radius 3 is 2.72 bits per heavy atom. The minimum Gasteiger partial charge on any atom is -0.357 e. The summed E-state index contributed by atoms with van der Waals surface area (Å²) < 4.78 is 2.23. The molecule has 2 aromatic heterocycles. The highest BCUT2D eigenvalue weighted by atomic mass is 15.3. The number of aliphatic imine (C=N–C) groups is 1. The van der Waals surface area contributed by atoms with Crippen LogP contribution in [0.25, 0.3) is 0 Å². The van der Waals surface area contributed by atoms with Gasteiger partial charge in [-0.15, -0.1) is 0 Å². The molecular formula is C22H35N7. The van der Waals surface area contributed by atoms with Gasteiger partial charge in [0.25, 0.3) is 0 Å². The maximum atomic E-state index is 4.92. The third-order valence-corrected chi connectivity index (χ3v) is 5.77. The first-order chi connectivity index (χ1) is 14.2. The smallest absolute Gasteiger partial charge is 0.194 e. The van der Waals surface area contributed by atoms with Gasteiger partial charge in [0.15, 0.2) is 5.96 Å². The Bertz CT molecular complexity index is 750. The summed E-state index contributed by atoms with van der Waals surface area (Å²) in [4.78, 5) is 18.4. The van der Waals surface area contributed by atoms with E-state index < -0.39 is 0 Å². The molecule has 0 aromatic carbocycles. The molecule has 3 rings (SSSR count). The quantitative estimate of drug-likeness (QED) is 0.574. The van der Waals surface area contributed by atoms with Gasteiger partial charge in [0, 0.05) is 51.3 Å². The van der Waals surface area contributed by atoms with Crippen LogP contribution >= 0.6 is 0 Å². The van der Waals surface area contributed by atoms with E-state index in [0.29, 0.717) is 18.5 Å². The molecule has 1 saturated heterocycles. The average molecular weight is 398 g/mol. The Morgan fingerprint density at radius 1 is 1.28 bits per heavy atom. The molecule has 1 N–H and O–H groups in total. The van der Waals surface area contributed by atoms with Crippen molar-refractivity contribution < 1.29 is 0 Å². The van der Waals surface area contributed by atoms with Gasteiger partial charge in [-0.2, -0.15) is 0 Å². The van der Waals surface area contributed by atoms with Gasteiger partial charge in [0.05, 0.1) is 18.9 Å². The van der Waals surface area contributed by atoms with E-state index in [0.717, 1.165) is 56.5 Å². The minimum absolute atomic E-state index is 0.421. The van der Waals surface area contributed by atoms with Gasteiger partial charge in [-0.25, -0.2) is 15.0 Å². The molecule has 2 unspecified atom stereocenters. The summed E-state index contributed by atoms with van der Waals surface area (Å²) in [6.07, 6.45) is 8.95. The van der Waals surface area contributed by atoms with Crippen LogP contribution < -0.4 is 10.2 Å². The van der Waals surface area contributed by atoms with Crippen LogP contribution in [-0.4, -0.2) is 58.1 Å². The highest BCUT2D eigenvalue weighted by Gasteiger charge is 2.28. The van der Waals surface area contributed by atoms with Crippen molar-refractivity contribution in [3.63, 3.8) is 0 Å². The molecule has 2 atom stereocenters. The molecule has 7 heteroatoms. The van der Waals surface area contributed by atoms with E-state index in [1.54, 1.807) is 0 Å². The third-order valence-electron chi connectivity index (χ3n) is 5.77. The summed E-state index contributed by atoms with van der Waals surface area (Å²) in [5.74, 6) is 2.64. The van der Waals surface area contributed by atoms with E-state index >= 15 is 0 Å². The van der Waals surface area contributed by atoms with Gasteiger partial charge in [0.1, 0.15) is 5.82 Å². The molecule has 1 fully saturated rings. The number of rotatable bonds is 7. The molecule has 0 bridgehead atoms. The Labute approximate surface area is 174 Å². The van der Waals surface area contributed by atoms with Gasteiger partial charge in [-0.3, -0.25) is 0 Å². The molecule has 1 aliphatic rings. The number of guanidine groups is 1. The lowest BCUT2D eigenvalue weighted by molar-refractivity contribution is 0.189. The van der Waals surface area contributed by atoms with Crippen LogP contribution in [0.5, 0.6) is 0 Å². The molecule has 0 amide bonds. The lowest BCUT2D eigenvalue weighted by Gasteiger charge is -2.39. The zero-order valence-electron chi connectivity index (χ0n) is 18.3. The van der Waals surface area contributed by atoms with Crippen molar-refractivity contribution in [2.45, 2.75) is 46.7 Å². The molecule has 0 spiro atoms. The zero-order chi connectivity index (χ0) is 20.6. The lowest BCUT2D eigenvalue weighted by atomic mass is 9.93. The van der Waals surface area contributed by atoms with E-state index in [2.05, 4.69) is 75.7 Å². The number of likely N-dealkylation sites (tertiary alicyclic amines) is 1.